The fraction of sp³-hybridized carbons (Fsp3) is 0.500. The molecule has 30 heavy (non-hydrogen) atoms. The van der Waals surface area contributed by atoms with Crippen molar-refractivity contribution in [2.45, 2.75) is 27.2 Å². The zero-order chi connectivity index (χ0) is 21.5. The maximum Gasteiger partial charge on any atom is 0.276 e. The monoisotopic (exact) mass is 414 g/mol. The van der Waals surface area contributed by atoms with E-state index in [1.165, 1.54) is 0 Å². The quantitative estimate of drug-likeness (QED) is 0.714. The van der Waals surface area contributed by atoms with Gasteiger partial charge in [0.2, 0.25) is 5.91 Å². The van der Waals surface area contributed by atoms with Crippen molar-refractivity contribution in [3.8, 4) is 11.3 Å². The van der Waals surface area contributed by atoms with E-state index in [9.17, 15) is 9.59 Å². The molecule has 2 heterocycles. The fourth-order valence-electron chi connectivity index (χ4n) is 3.25. The molecule has 0 spiro atoms. The van der Waals surface area contributed by atoms with Crippen molar-refractivity contribution in [3.05, 3.63) is 41.6 Å². The number of benzene rings is 1. The van der Waals surface area contributed by atoms with E-state index in [2.05, 4.69) is 10.6 Å². The number of hydrazine groups is 1. The van der Waals surface area contributed by atoms with E-state index in [1.807, 2.05) is 50.0 Å². The number of carbonyl (C=O) groups is 2. The Balaban J connectivity index is 1.62. The summed E-state index contributed by atoms with van der Waals surface area (Å²) >= 11 is 0. The number of carbonyl (C=O) groups excluding carboxylic acids is 2. The van der Waals surface area contributed by atoms with Gasteiger partial charge in [-0.25, -0.2) is 5.01 Å². The van der Waals surface area contributed by atoms with Crippen LogP contribution in [0.25, 0.3) is 11.3 Å². The number of hydrogen-bond donors (Lipinski definition) is 1. The fourth-order valence-corrected chi connectivity index (χ4v) is 3.25. The van der Waals surface area contributed by atoms with E-state index >= 15 is 0 Å². The Morgan fingerprint density at radius 3 is 2.57 bits per heavy atom. The van der Waals surface area contributed by atoms with Gasteiger partial charge in [-0.05, 0) is 12.8 Å². The molecule has 0 aliphatic carbocycles. The highest BCUT2D eigenvalue weighted by atomic mass is 16.5. The molecule has 1 aromatic carbocycles. The predicted octanol–water partition coefficient (Wildman–Crippen LogP) is 2.50. The second-order valence-electron chi connectivity index (χ2n) is 7.97. The smallest absolute Gasteiger partial charge is 0.276 e. The van der Waals surface area contributed by atoms with Crippen LogP contribution in [0.4, 0.5) is 0 Å². The largest absolute Gasteiger partial charge is 0.379 e. The highest BCUT2D eigenvalue weighted by molar-refractivity contribution is 5.93. The van der Waals surface area contributed by atoms with E-state index in [4.69, 9.17) is 9.26 Å². The van der Waals surface area contributed by atoms with Gasteiger partial charge in [-0.15, -0.1) is 0 Å². The van der Waals surface area contributed by atoms with Crippen LogP contribution >= 0.6 is 0 Å². The van der Waals surface area contributed by atoms with Gasteiger partial charge in [0.15, 0.2) is 11.5 Å². The lowest BCUT2D eigenvalue weighted by Gasteiger charge is -2.28. The third kappa shape index (κ3) is 6.14. The Labute approximate surface area is 177 Å². The summed E-state index contributed by atoms with van der Waals surface area (Å²) in [6.45, 7) is 9.49. The third-order valence-corrected chi connectivity index (χ3v) is 4.84. The third-order valence-electron chi connectivity index (χ3n) is 4.84. The van der Waals surface area contributed by atoms with E-state index in [0.29, 0.717) is 45.2 Å². The number of ether oxygens (including phenoxy) is 1. The molecule has 162 valence electrons. The molecule has 1 N–H and O–H groups in total. The Kier molecular flexibility index (Phi) is 7.59. The molecule has 0 atom stereocenters. The molecule has 0 unspecified atom stereocenters. The lowest BCUT2D eigenvalue weighted by Crippen LogP contribution is -2.49. The summed E-state index contributed by atoms with van der Waals surface area (Å²) in [6, 6.07) is 9.50. The molecule has 1 aliphatic rings. The van der Waals surface area contributed by atoms with Crippen LogP contribution in [-0.4, -0.2) is 66.3 Å². The number of amides is 2. The summed E-state index contributed by atoms with van der Waals surface area (Å²) in [7, 11) is 0. The Bertz CT molecular complexity index is 841. The van der Waals surface area contributed by atoms with Crippen molar-refractivity contribution in [1.29, 1.82) is 0 Å². The minimum absolute atomic E-state index is 0.112. The van der Waals surface area contributed by atoms with Crippen LogP contribution in [0.15, 0.2) is 34.9 Å². The molecule has 0 saturated carbocycles. The second-order valence-corrected chi connectivity index (χ2v) is 7.97. The van der Waals surface area contributed by atoms with E-state index in [0.717, 1.165) is 11.1 Å². The van der Waals surface area contributed by atoms with Gasteiger partial charge in [0.25, 0.3) is 5.91 Å². The number of nitrogens with zero attached hydrogens (tertiary/aromatic N) is 3. The maximum absolute atomic E-state index is 13.0. The van der Waals surface area contributed by atoms with Crippen LogP contribution in [0.1, 0.15) is 36.3 Å². The SMILES string of the molecule is Cc1ccc(-c2cc(C(=O)N(CCC(=O)NN3CCOCC3)CC(C)C)no2)cc1. The van der Waals surface area contributed by atoms with Crippen LogP contribution in [-0.2, 0) is 9.53 Å². The minimum atomic E-state index is -0.231. The van der Waals surface area contributed by atoms with E-state index in [1.54, 1.807) is 11.0 Å². The number of morpholine rings is 1. The zero-order valence-corrected chi connectivity index (χ0v) is 17.9. The number of aryl methyl sites for hydroxylation is 1. The first kappa shape index (κ1) is 22.0. The van der Waals surface area contributed by atoms with Crippen molar-refractivity contribution in [2.75, 3.05) is 39.4 Å². The van der Waals surface area contributed by atoms with Crippen LogP contribution < -0.4 is 5.43 Å². The Hall–Kier alpha value is -2.71. The van der Waals surface area contributed by atoms with E-state index < -0.39 is 0 Å². The molecule has 1 fully saturated rings. The van der Waals surface area contributed by atoms with Gasteiger partial charge in [0, 0.05) is 44.2 Å². The molecular formula is C22H30N4O4. The number of rotatable bonds is 8. The van der Waals surface area contributed by atoms with Gasteiger partial charge in [-0.2, -0.15) is 0 Å². The first-order valence-corrected chi connectivity index (χ1v) is 10.4. The molecule has 1 saturated heterocycles. The molecule has 8 nitrogen and oxygen atoms in total. The van der Waals surface area contributed by atoms with Gasteiger partial charge >= 0.3 is 0 Å². The molecule has 3 rings (SSSR count). The van der Waals surface area contributed by atoms with Crippen LogP contribution in [0.2, 0.25) is 0 Å². The summed E-state index contributed by atoms with van der Waals surface area (Å²) in [6.07, 6.45) is 0.221. The summed E-state index contributed by atoms with van der Waals surface area (Å²) in [5.74, 6) is 0.469. The van der Waals surface area contributed by atoms with Gasteiger partial charge < -0.3 is 14.2 Å². The Morgan fingerprint density at radius 1 is 1.20 bits per heavy atom. The topological polar surface area (TPSA) is 87.9 Å². The first-order valence-electron chi connectivity index (χ1n) is 10.4. The van der Waals surface area contributed by atoms with Crippen molar-refractivity contribution in [3.63, 3.8) is 0 Å². The summed E-state index contributed by atoms with van der Waals surface area (Å²) in [4.78, 5) is 27.0. The molecular weight excluding hydrogens is 384 g/mol. The standard InChI is InChI=1S/C22H30N4O4/c1-16(2)15-25(9-8-21(27)23-26-10-12-29-13-11-26)22(28)19-14-20(30-24-19)18-6-4-17(3)5-7-18/h4-7,14,16H,8-13,15H2,1-3H3,(H,23,27). The maximum atomic E-state index is 13.0. The van der Waals surface area contributed by atoms with Gasteiger partial charge in [0.05, 0.1) is 13.2 Å². The van der Waals surface area contributed by atoms with Gasteiger partial charge in [-0.3, -0.25) is 15.0 Å². The van der Waals surface area contributed by atoms with Crippen LogP contribution in [0.5, 0.6) is 0 Å². The highest BCUT2D eigenvalue weighted by Crippen LogP contribution is 2.21. The number of nitrogens with one attached hydrogen (secondary N) is 1. The average Bonchev–Trinajstić information content (AvgIpc) is 3.22. The van der Waals surface area contributed by atoms with Crippen molar-refractivity contribution < 1.29 is 18.8 Å². The van der Waals surface area contributed by atoms with Crippen molar-refractivity contribution >= 4 is 11.8 Å². The lowest BCUT2D eigenvalue weighted by atomic mass is 10.1. The number of aromatic nitrogens is 1. The van der Waals surface area contributed by atoms with Gasteiger partial charge in [0.1, 0.15) is 0 Å². The molecule has 8 heteroatoms. The van der Waals surface area contributed by atoms with Crippen molar-refractivity contribution in [1.82, 2.24) is 20.5 Å². The Morgan fingerprint density at radius 2 is 1.90 bits per heavy atom. The molecule has 0 radical (unpaired) electrons. The molecule has 2 aromatic rings. The molecule has 1 aliphatic heterocycles. The van der Waals surface area contributed by atoms with Crippen LogP contribution in [0, 0.1) is 12.8 Å². The molecule has 2 amide bonds. The van der Waals surface area contributed by atoms with E-state index in [-0.39, 0.29) is 29.8 Å². The second kappa shape index (κ2) is 10.4. The normalized spacial score (nSPS) is 14.7. The summed E-state index contributed by atoms with van der Waals surface area (Å²) in [5, 5.41) is 5.83. The van der Waals surface area contributed by atoms with Crippen LogP contribution in [0.3, 0.4) is 0 Å². The lowest BCUT2D eigenvalue weighted by molar-refractivity contribution is -0.128. The van der Waals surface area contributed by atoms with Gasteiger partial charge in [-0.1, -0.05) is 48.8 Å². The number of hydrogen-bond acceptors (Lipinski definition) is 6. The molecule has 0 bridgehead atoms. The predicted molar refractivity (Wildman–Crippen MR) is 113 cm³/mol. The summed E-state index contributed by atoms with van der Waals surface area (Å²) in [5.41, 5.74) is 5.14. The minimum Gasteiger partial charge on any atom is -0.379 e. The van der Waals surface area contributed by atoms with Crippen molar-refractivity contribution in [2.24, 2.45) is 5.92 Å². The zero-order valence-electron chi connectivity index (χ0n) is 17.9. The molecule has 1 aromatic heterocycles. The first-order chi connectivity index (χ1) is 14.4. The summed E-state index contributed by atoms with van der Waals surface area (Å²) < 4.78 is 10.7. The average molecular weight is 415 g/mol. The highest BCUT2D eigenvalue weighted by Gasteiger charge is 2.22.